The zero-order valence-electron chi connectivity index (χ0n) is 10.9. The fourth-order valence-electron chi connectivity index (χ4n) is 1.86. The Labute approximate surface area is 115 Å². The highest BCUT2D eigenvalue weighted by atomic mass is 16.6. The number of nitrogens with zero attached hydrogens (tertiary/aromatic N) is 3. The molecule has 1 aromatic heterocycles. The summed E-state index contributed by atoms with van der Waals surface area (Å²) < 4.78 is 1.39. The molecule has 0 saturated heterocycles. The molecule has 0 unspecified atom stereocenters. The average Bonchev–Trinajstić information content (AvgIpc) is 2.43. The van der Waals surface area contributed by atoms with Gasteiger partial charge in [0.25, 0.3) is 11.2 Å². The van der Waals surface area contributed by atoms with Crippen LogP contribution in [0.2, 0.25) is 0 Å². The molecule has 1 aromatic carbocycles. The second-order valence-corrected chi connectivity index (χ2v) is 4.19. The molecule has 0 aliphatic heterocycles. The summed E-state index contributed by atoms with van der Waals surface area (Å²) in [5.74, 6) is 0. The maximum atomic E-state index is 11.6. The number of hydrogen-bond donors (Lipinski definition) is 1. The van der Waals surface area contributed by atoms with Gasteiger partial charge in [-0.3, -0.25) is 19.5 Å². The average molecular weight is 274 g/mol. The van der Waals surface area contributed by atoms with E-state index >= 15 is 0 Å². The highest BCUT2D eigenvalue weighted by Crippen LogP contribution is 2.25. The Bertz CT molecular complexity index is 681. The smallest absolute Gasteiger partial charge is 0.292 e. The lowest BCUT2D eigenvalue weighted by Crippen LogP contribution is -2.19. The standard InChI is InChI=1S/C13H14N4O3/c1-2-15-11-4-3-10(7-12(11)17(19)20)8-16-9-14-6-5-13(16)18/h3-7,9,15H,2,8H2,1H3. The van der Waals surface area contributed by atoms with E-state index in [1.807, 2.05) is 6.92 Å². The van der Waals surface area contributed by atoms with E-state index in [2.05, 4.69) is 10.3 Å². The molecule has 0 spiro atoms. The number of nitro benzene ring substituents is 1. The minimum absolute atomic E-state index is 0.00119. The molecule has 2 rings (SSSR count). The largest absolute Gasteiger partial charge is 0.380 e. The van der Waals surface area contributed by atoms with Gasteiger partial charge in [0.15, 0.2) is 0 Å². The molecule has 0 bridgehead atoms. The van der Waals surface area contributed by atoms with Crippen LogP contribution in [0.25, 0.3) is 0 Å². The lowest BCUT2D eigenvalue weighted by atomic mass is 10.1. The van der Waals surface area contributed by atoms with Crippen LogP contribution in [0.4, 0.5) is 11.4 Å². The summed E-state index contributed by atoms with van der Waals surface area (Å²) in [5, 5.41) is 14.0. The Morgan fingerprint density at radius 2 is 2.20 bits per heavy atom. The van der Waals surface area contributed by atoms with Crippen LogP contribution in [0.3, 0.4) is 0 Å². The number of nitrogens with one attached hydrogen (secondary N) is 1. The van der Waals surface area contributed by atoms with Crippen molar-refractivity contribution >= 4 is 11.4 Å². The third kappa shape index (κ3) is 3.00. The minimum atomic E-state index is -0.437. The van der Waals surface area contributed by atoms with Gasteiger partial charge in [-0.1, -0.05) is 6.07 Å². The van der Waals surface area contributed by atoms with Gasteiger partial charge in [0.05, 0.1) is 17.8 Å². The molecule has 20 heavy (non-hydrogen) atoms. The van der Waals surface area contributed by atoms with Gasteiger partial charge >= 0.3 is 0 Å². The van der Waals surface area contributed by atoms with Crippen LogP contribution in [0.15, 0.2) is 41.6 Å². The Morgan fingerprint density at radius 3 is 2.85 bits per heavy atom. The molecule has 0 fully saturated rings. The zero-order valence-corrected chi connectivity index (χ0v) is 10.9. The van der Waals surface area contributed by atoms with Gasteiger partial charge in [-0.2, -0.15) is 0 Å². The normalized spacial score (nSPS) is 10.2. The Balaban J connectivity index is 2.34. The summed E-state index contributed by atoms with van der Waals surface area (Å²) in [6, 6.07) is 6.22. The van der Waals surface area contributed by atoms with Crippen molar-refractivity contribution in [2.24, 2.45) is 0 Å². The van der Waals surface area contributed by atoms with E-state index in [9.17, 15) is 14.9 Å². The number of hydrogen-bond acceptors (Lipinski definition) is 5. The number of aromatic nitrogens is 2. The van der Waals surface area contributed by atoms with Gasteiger partial charge in [-0.05, 0) is 18.6 Å². The van der Waals surface area contributed by atoms with E-state index < -0.39 is 4.92 Å². The molecule has 104 valence electrons. The van der Waals surface area contributed by atoms with Gasteiger partial charge in [0.2, 0.25) is 0 Å². The molecular weight excluding hydrogens is 260 g/mol. The van der Waals surface area contributed by atoms with Crippen molar-refractivity contribution in [3.63, 3.8) is 0 Å². The van der Waals surface area contributed by atoms with Crippen LogP contribution in [-0.2, 0) is 6.54 Å². The first-order chi connectivity index (χ1) is 9.61. The summed E-state index contributed by atoms with van der Waals surface area (Å²) in [6.07, 6.45) is 2.82. The molecule has 0 atom stereocenters. The number of rotatable bonds is 5. The van der Waals surface area contributed by atoms with Gasteiger partial charge in [0, 0.05) is 24.9 Å². The van der Waals surface area contributed by atoms with Crippen LogP contribution < -0.4 is 10.9 Å². The third-order valence-electron chi connectivity index (χ3n) is 2.77. The second kappa shape index (κ2) is 5.96. The summed E-state index contributed by atoms with van der Waals surface area (Å²) in [4.78, 5) is 26.1. The monoisotopic (exact) mass is 274 g/mol. The summed E-state index contributed by atoms with van der Waals surface area (Å²) in [6.45, 7) is 2.72. The topological polar surface area (TPSA) is 90.1 Å². The van der Waals surface area contributed by atoms with E-state index in [-0.39, 0.29) is 17.8 Å². The van der Waals surface area contributed by atoms with Crippen molar-refractivity contribution in [3.8, 4) is 0 Å². The van der Waals surface area contributed by atoms with Crippen LogP contribution in [0.5, 0.6) is 0 Å². The molecule has 2 aromatic rings. The number of anilines is 1. The van der Waals surface area contributed by atoms with Gasteiger partial charge in [0.1, 0.15) is 5.69 Å². The first kappa shape index (κ1) is 13.7. The maximum absolute atomic E-state index is 11.6. The molecule has 1 N–H and O–H groups in total. The Morgan fingerprint density at radius 1 is 1.40 bits per heavy atom. The van der Waals surface area contributed by atoms with Crippen LogP contribution >= 0.6 is 0 Å². The van der Waals surface area contributed by atoms with Crippen LogP contribution in [0, 0.1) is 10.1 Å². The molecule has 0 saturated carbocycles. The lowest BCUT2D eigenvalue weighted by Gasteiger charge is -2.08. The number of benzene rings is 1. The summed E-state index contributed by atoms with van der Waals surface area (Å²) >= 11 is 0. The Hall–Kier alpha value is -2.70. The minimum Gasteiger partial charge on any atom is -0.380 e. The first-order valence-electron chi connectivity index (χ1n) is 6.13. The maximum Gasteiger partial charge on any atom is 0.292 e. The SMILES string of the molecule is CCNc1ccc(Cn2cnccc2=O)cc1[N+](=O)[O-]. The summed E-state index contributed by atoms with van der Waals surface area (Å²) in [7, 11) is 0. The van der Waals surface area contributed by atoms with E-state index in [1.54, 1.807) is 12.1 Å². The van der Waals surface area contributed by atoms with Crippen molar-refractivity contribution in [1.82, 2.24) is 9.55 Å². The van der Waals surface area contributed by atoms with E-state index in [1.165, 1.54) is 29.2 Å². The Kier molecular flexibility index (Phi) is 4.09. The van der Waals surface area contributed by atoms with Crippen molar-refractivity contribution < 1.29 is 4.92 Å². The quantitative estimate of drug-likeness (QED) is 0.661. The number of nitro groups is 1. The van der Waals surface area contributed by atoms with E-state index in [4.69, 9.17) is 0 Å². The molecule has 0 aliphatic rings. The predicted molar refractivity (Wildman–Crippen MR) is 74.9 cm³/mol. The summed E-state index contributed by atoms with van der Waals surface area (Å²) in [5.41, 5.74) is 0.952. The molecule has 0 aliphatic carbocycles. The fourth-order valence-corrected chi connectivity index (χ4v) is 1.86. The highest BCUT2D eigenvalue weighted by molar-refractivity contribution is 5.62. The van der Waals surface area contributed by atoms with Crippen molar-refractivity contribution in [3.05, 3.63) is 62.8 Å². The lowest BCUT2D eigenvalue weighted by molar-refractivity contribution is -0.384. The van der Waals surface area contributed by atoms with Crippen molar-refractivity contribution in [2.45, 2.75) is 13.5 Å². The molecule has 0 amide bonds. The van der Waals surface area contributed by atoms with Crippen molar-refractivity contribution in [2.75, 3.05) is 11.9 Å². The predicted octanol–water partition coefficient (Wildman–Crippen LogP) is 1.63. The van der Waals surface area contributed by atoms with Gasteiger partial charge < -0.3 is 5.32 Å². The fraction of sp³-hybridized carbons (Fsp3) is 0.231. The van der Waals surface area contributed by atoms with Crippen LogP contribution in [0.1, 0.15) is 12.5 Å². The highest BCUT2D eigenvalue weighted by Gasteiger charge is 2.14. The van der Waals surface area contributed by atoms with Crippen molar-refractivity contribution in [1.29, 1.82) is 0 Å². The van der Waals surface area contributed by atoms with E-state index in [0.29, 0.717) is 17.8 Å². The third-order valence-corrected chi connectivity index (χ3v) is 2.77. The molecule has 1 heterocycles. The second-order valence-electron chi connectivity index (χ2n) is 4.19. The van der Waals surface area contributed by atoms with Crippen LogP contribution in [-0.4, -0.2) is 21.0 Å². The first-order valence-corrected chi connectivity index (χ1v) is 6.13. The van der Waals surface area contributed by atoms with Gasteiger partial charge in [-0.15, -0.1) is 0 Å². The molecular formula is C13H14N4O3. The van der Waals surface area contributed by atoms with E-state index in [0.717, 1.165) is 0 Å². The molecule has 7 nitrogen and oxygen atoms in total. The zero-order chi connectivity index (χ0) is 14.5. The molecule has 0 radical (unpaired) electrons. The van der Waals surface area contributed by atoms with Gasteiger partial charge in [-0.25, -0.2) is 4.98 Å². The molecule has 7 heteroatoms.